The first-order valence-electron chi connectivity index (χ1n) is 14.0. The van der Waals surface area contributed by atoms with Crippen LogP contribution in [0.15, 0.2) is 30.3 Å². The van der Waals surface area contributed by atoms with E-state index in [0.29, 0.717) is 18.5 Å². The Morgan fingerprint density at radius 2 is 1.78 bits per heavy atom. The van der Waals surface area contributed by atoms with Crippen molar-refractivity contribution in [3.63, 3.8) is 0 Å². The van der Waals surface area contributed by atoms with Gasteiger partial charge in [-0.3, -0.25) is 9.59 Å². The standard InChI is InChI=1S/C28H44N6O3/c1-19(29-2)26(35)32-25-18-33(28(37)30-3)16-15-21-13-14-22(34(21)27(25)36)17-31-24-12-8-7-11-23(24)20-9-5-4-6-10-20/h4-6,9-10,19,21-25,29,31H,7-8,11-18H2,1-3H3,(H,30,37)(H,32,35). The van der Waals surface area contributed by atoms with Gasteiger partial charge in [-0.05, 0) is 57.6 Å². The number of nitrogens with one attached hydrogen (secondary N) is 4. The van der Waals surface area contributed by atoms with Gasteiger partial charge in [0, 0.05) is 38.3 Å². The van der Waals surface area contributed by atoms with E-state index in [1.54, 1.807) is 25.9 Å². The lowest BCUT2D eigenvalue weighted by Crippen LogP contribution is -2.62. The highest BCUT2D eigenvalue weighted by molar-refractivity contribution is 5.91. The quantitative estimate of drug-likeness (QED) is 0.446. The van der Waals surface area contributed by atoms with Crippen molar-refractivity contribution in [2.24, 2.45) is 0 Å². The molecule has 6 unspecified atom stereocenters. The van der Waals surface area contributed by atoms with Crippen LogP contribution in [0, 0.1) is 0 Å². The summed E-state index contributed by atoms with van der Waals surface area (Å²) in [5.74, 6) is 0.172. The number of rotatable bonds is 7. The number of fused-ring (bicyclic) bond motifs is 1. The maximum Gasteiger partial charge on any atom is 0.317 e. The summed E-state index contributed by atoms with van der Waals surface area (Å²) in [5, 5.41) is 12.4. The number of likely N-dealkylation sites (N-methyl/N-ethyl adjacent to an activating group) is 1. The summed E-state index contributed by atoms with van der Waals surface area (Å²) in [6.07, 6.45) is 7.40. The van der Waals surface area contributed by atoms with E-state index in [1.807, 2.05) is 4.90 Å². The molecule has 37 heavy (non-hydrogen) atoms. The van der Waals surface area contributed by atoms with Crippen LogP contribution in [0.2, 0.25) is 0 Å². The zero-order valence-electron chi connectivity index (χ0n) is 22.5. The molecule has 4 amide bonds. The van der Waals surface area contributed by atoms with Crippen LogP contribution in [0.25, 0.3) is 0 Å². The molecular weight excluding hydrogens is 468 g/mol. The minimum atomic E-state index is -0.768. The molecule has 1 saturated carbocycles. The molecule has 3 aliphatic rings. The highest BCUT2D eigenvalue weighted by Crippen LogP contribution is 2.34. The van der Waals surface area contributed by atoms with Gasteiger partial charge in [0.05, 0.1) is 12.6 Å². The molecule has 1 aromatic carbocycles. The normalized spacial score (nSPS) is 29.2. The Labute approximate surface area is 221 Å². The molecule has 3 fully saturated rings. The fourth-order valence-electron chi connectivity index (χ4n) is 6.32. The molecule has 0 bridgehead atoms. The molecule has 0 spiro atoms. The number of hydrogen-bond donors (Lipinski definition) is 4. The second-order valence-corrected chi connectivity index (χ2v) is 10.8. The number of carbonyl (C=O) groups excluding carboxylic acids is 3. The van der Waals surface area contributed by atoms with E-state index < -0.39 is 12.1 Å². The van der Waals surface area contributed by atoms with Crippen molar-refractivity contribution >= 4 is 17.8 Å². The molecule has 1 aliphatic carbocycles. The first kappa shape index (κ1) is 27.4. The van der Waals surface area contributed by atoms with Crippen molar-refractivity contribution in [2.75, 3.05) is 33.7 Å². The molecule has 0 radical (unpaired) electrons. The van der Waals surface area contributed by atoms with Crippen LogP contribution in [-0.4, -0.2) is 91.6 Å². The molecular formula is C28H44N6O3. The van der Waals surface area contributed by atoms with Gasteiger partial charge in [-0.15, -0.1) is 0 Å². The lowest BCUT2D eigenvalue weighted by atomic mass is 9.80. The monoisotopic (exact) mass is 512 g/mol. The van der Waals surface area contributed by atoms with Crippen LogP contribution in [0.3, 0.4) is 0 Å². The lowest BCUT2D eigenvalue weighted by Gasteiger charge is -2.40. The third-order valence-corrected chi connectivity index (χ3v) is 8.56. The van der Waals surface area contributed by atoms with E-state index in [1.165, 1.54) is 24.8 Å². The molecule has 0 aromatic heterocycles. The Morgan fingerprint density at radius 3 is 2.51 bits per heavy atom. The SMILES string of the molecule is CNC(=O)N1CCC2CCC(CNC3CCCCC3c3ccccc3)N2C(=O)C(NC(=O)C(C)NC)C1. The van der Waals surface area contributed by atoms with Crippen LogP contribution in [0.1, 0.15) is 63.4 Å². The van der Waals surface area contributed by atoms with E-state index in [9.17, 15) is 14.4 Å². The van der Waals surface area contributed by atoms with Gasteiger partial charge in [0.2, 0.25) is 11.8 Å². The number of amides is 4. The van der Waals surface area contributed by atoms with Gasteiger partial charge in [0.25, 0.3) is 0 Å². The average Bonchev–Trinajstić information content (AvgIpc) is 3.34. The molecule has 2 aliphatic heterocycles. The van der Waals surface area contributed by atoms with Crippen molar-refractivity contribution in [1.82, 2.24) is 31.1 Å². The third-order valence-electron chi connectivity index (χ3n) is 8.56. The van der Waals surface area contributed by atoms with Crippen molar-refractivity contribution in [3.05, 3.63) is 35.9 Å². The van der Waals surface area contributed by atoms with Gasteiger partial charge in [-0.1, -0.05) is 43.2 Å². The van der Waals surface area contributed by atoms with E-state index in [0.717, 1.165) is 32.2 Å². The number of urea groups is 1. The summed E-state index contributed by atoms with van der Waals surface area (Å²) in [5.41, 5.74) is 1.39. The van der Waals surface area contributed by atoms with E-state index in [4.69, 9.17) is 0 Å². The molecule has 9 nitrogen and oxygen atoms in total. The molecule has 1 aromatic rings. The van der Waals surface area contributed by atoms with Crippen molar-refractivity contribution in [3.8, 4) is 0 Å². The summed E-state index contributed by atoms with van der Waals surface area (Å²) in [7, 11) is 3.31. The Hall–Kier alpha value is -2.65. The van der Waals surface area contributed by atoms with Gasteiger partial charge < -0.3 is 31.1 Å². The van der Waals surface area contributed by atoms with Gasteiger partial charge in [0.1, 0.15) is 6.04 Å². The Balaban J connectivity index is 1.48. The zero-order valence-corrected chi connectivity index (χ0v) is 22.5. The molecule has 2 saturated heterocycles. The lowest BCUT2D eigenvalue weighted by molar-refractivity contribution is -0.140. The van der Waals surface area contributed by atoms with Gasteiger partial charge in [0.15, 0.2) is 0 Å². The van der Waals surface area contributed by atoms with Gasteiger partial charge in [-0.25, -0.2) is 4.79 Å². The Kier molecular flexibility index (Phi) is 9.43. The highest BCUT2D eigenvalue weighted by atomic mass is 16.2. The fourth-order valence-corrected chi connectivity index (χ4v) is 6.32. The predicted molar refractivity (Wildman–Crippen MR) is 144 cm³/mol. The molecule has 4 N–H and O–H groups in total. The maximum atomic E-state index is 13.9. The summed E-state index contributed by atoms with van der Waals surface area (Å²) < 4.78 is 0. The number of hydrogen-bond acceptors (Lipinski definition) is 5. The molecule has 4 rings (SSSR count). The average molecular weight is 513 g/mol. The maximum absolute atomic E-state index is 13.9. The second kappa shape index (κ2) is 12.7. The van der Waals surface area contributed by atoms with Crippen LogP contribution >= 0.6 is 0 Å². The van der Waals surface area contributed by atoms with Crippen molar-refractivity contribution in [1.29, 1.82) is 0 Å². The van der Waals surface area contributed by atoms with Gasteiger partial charge >= 0.3 is 6.03 Å². The van der Waals surface area contributed by atoms with E-state index >= 15 is 0 Å². The summed E-state index contributed by atoms with van der Waals surface area (Å²) in [6, 6.07) is 9.91. The molecule has 204 valence electrons. The van der Waals surface area contributed by atoms with E-state index in [-0.39, 0.29) is 36.5 Å². The molecule has 2 heterocycles. The van der Waals surface area contributed by atoms with Gasteiger partial charge in [-0.2, -0.15) is 0 Å². The minimum absolute atomic E-state index is 0.0733. The molecule has 6 atom stereocenters. The van der Waals surface area contributed by atoms with Crippen LogP contribution < -0.4 is 21.3 Å². The fraction of sp³-hybridized carbons (Fsp3) is 0.679. The first-order chi connectivity index (χ1) is 17.9. The number of nitrogens with zero attached hydrogens (tertiary/aromatic N) is 2. The first-order valence-corrected chi connectivity index (χ1v) is 14.0. The largest absolute Gasteiger partial charge is 0.341 e. The number of benzene rings is 1. The summed E-state index contributed by atoms with van der Waals surface area (Å²) in [6.45, 7) is 3.24. The molecule has 9 heteroatoms. The smallest absolute Gasteiger partial charge is 0.317 e. The zero-order chi connectivity index (χ0) is 26.4. The number of carbonyl (C=O) groups is 3. The third kappa shape index (κ3) is 6.44. The van der Waals surface area contributed by atoms with Crippen molar-refractivity contribution in [2.45, 2.75) is 88.0 Å². The minimum Gasteiger partial charge on any atom is -0.341 e. The van der Waals surface area contributed by atoms with Crippen LogP contribution in [-0.2, 0) is 9.59 Å². The van der Waals surface area contributed by atoms with Crippen LogP contribution in [0.4, 0.5) is 4.79 Å². The van der Waals surface area contributed by atoms with Crippen molar-refractivity contribution < 1.29 is 14.4 Å². The highest BCUT2D eigenvalue weighted by Gasteiger charge is 2.43. The second-order valence-electron chi connectivity index (χ2n) is 10.8. The van der Waals surface area contributed by atoms with E-state index in [2.05, 4.69) is 51.6 Å². The summed E-state index contributed by atoms with van der Waals surface area (Å²) in [4.78, 5) is 42.9. The summed E-state index contributed by atoms with van der Waals surface area (Å²) >= 11 is 0. The topological polar surface area (TPSA) is 106 Å². The van der Waals surface area contributed by atoms with Crippen LogP contribution in [0.5, 0.6) is 0 Å². The Bertz CT molecular complexity index is 928. The predicted octanol–water partition coefficient (Wildman–Crippen LogP) is 1.80. The Morgan fingerprint density at radius 1 is 1.03 bits per heavy atom.